The first-order valence-corrected chi connectivity index (χ1v) is 6.21. The van der Waals surface area contributed by atoms with Gasteiger partial charge in [0.05, 0.1) is 0 Å². The van der Waals surface area contributed by atoms with Gasteiger partial charge >= 0.3 is 0 Å². The molecule has 0 saturated heterocycles. The van der Waals surface area contributed by atoms with E-state index in [9.17, 15) is 10.0 Å². The molecule has 6 heteroatoms. The molecule has 0 unspecified atom stereocenters. The fourth-order valence-corrected chi connectivity index (χ4v) is 1.75. The van der Waals surface area contributed by atoms with Crippen LogP contribution in [0.2, 0.25) is 0 Å². The van der Waals surface area contributed by atoms with Gasteiger partial charge in [0.2, 0.25) is 0 Å². The maximum atomic E-state index is 11.3. The van der Waals surface area contributed by atoms with Crippen molar-refractivity contribution >= 4 is 16.7 Å². The Morgan fingerprint density at radius 2 is 1.81 bits per heavy atom. The number of carbonyl (C=O) groups is 1. The molecule has 0 aliphatic rings. The summed E-state index contributed by atoms with van der Waals surface area (Å²) < 4.78 is 0.750. The van der Waals surface area contributed by atoms with Gasteiger partial charge in [0.25, 0.3) is 5.91 Å². The Hall–Kier alpha value is -2.99. The van der Waals surface area contributed by atoms with Gasteiger partial charge < -0.3 is 5.21 Å². The van der Waals surface area contributed by atoms with Crippen molar-refractivity contribution in [3.8, 4) is 0 Å². The summed E-state index contributed by atoms with van der Waals surface area (Å²) in [5.74, 6) is 4.68. The average Bonchev–Trinajstić information content (AvgIpc) is 2.55. The number of carbonyl (C=O) groups excluding carboxylic acids is 1. The van der Waals surface area contributed by atoms with Gasteiger partial charge in [-0.25, -0.2) is 5.84 Å². The molecule has 3 N–H and O–H groups in total. The maximum Gasteiger partial charge on any atom is 0.284 e. The second-order valence-electron chi connectivity index (χ2n) is 4.09. The van der Waals surface area contributed by atoms with Crippen LogP contribution in [0.25, 0.3) is 10.8 Å². The molecule has 0 bridgehead atoms. The number of nitrogens with two attached hydrogens (primary N) is 1. The van der Waals surface area contributed by atoms with E-state index in [1.807, 2.05) is 30.3 Å². The van der Waals surface area contributed by atoms with E-state index < -0.39 is 0 Å². The van der Waals surface area contributed by atoms with Crippen molar-refractivity contribution in [2.75, 3.05) is 0 Å². The second-order valence-corrected chi connectivity index (χ2v) is 4.09. The number of nitrogens with zero attached hydrogens (tertiary/aromatic N) is 2. The third kappa shape index (κ3) is 3.74. The average molecular weight is 282 g/mol. The molecule has 0 saturated carbocycles. The number of nitrogen functional groups attached to an aromatic ring is 1. The zero-order valence-electron chi connectivity index (χ0n) is 11.1. The normalized spacial score (nSPS) is 9.57. The standard InChI is InChI=1S/C10H9N3O.C5H5NO/c11-13-10(14)9-8-4-2-1-3-7(8)5-6-12-9;7-6-4-2-1-3-5-6/h1-6H,11H2,(H,13,14);1-5H. The quantitative estimate of drug-likeness (QED) is 0.230. The number of fused-ring (bicyclic) bond motifs is 1. The number of aromatic nitrogens is 2. The van der Waals surface area contributed by atoms with E-state index in [0.717, 1.165) is 15.5 Å². The molecule has 0 aliphatic carbocycles. The monoisotopic (exact) mass is 282 g/mol. The Labute approximate surface area is 121 Å². The van der Waals surface area contributed by atoms with Crippen molar-refractivity contribution in [3.05, 3.63) is 78.0 Å². The zero-order chi connectivity index (χ0) is 15.1. The SMILES string of the molecule is NNC(=O)c1nccc2ccccc12.[O-][n+]1ccccc1. The highest BCUT2D eigenvalue weighted by Gasteiger charge is 2.08. The smallest absolute Gasteiger partial charge is 0.284 e. The molecule has 1 aromatic carbocycles. The predicted octanol–water partition coefficient (Wildman–Crippen LogP) is 1.16. The van der Waals surface area contributed by atoms with E-state index in [1.165, 1.54) is 12.4 Å². The maximum absolute atomic E-state index is 11.3. The second kappa shape index (κ2) is 6.97. The molecule has 106 valence electrons. The van der Waals surface area contributed by atoms with Crippen LogP contribution in [0.1, 0.15) is 10.5 Å². The molecule has 2 aromatic heterocycles. The van der Waals surface area contributed by atoms with Crippen molar-refractivity contribution in [2.45, 2.75) is 0 Å². The van der Waals surface area contributed by atoms with E-state index in [1.54, 1.807) is 24.4 Å². The Balaban J connectivity index is 0.000000194. The molecule has 6 nitrogen and oxygen atoms in total. The summed E-state index contributed by atoms with van der Waals surface area (Å²) in [6.07, 6.45) is 4.48. The fraction of sp³-hybridized carbons (Fsp3) is 0. The third-order valence-electron chi connectivity index (χ3n) is 2.71. The molecule has 0 fully saturated rings. The van der Waals surface area contributed by atoms with Gasteiger partial charge in [0.15, 0.2) is 12.4 Å². The minimum atomic E-state index is -0.373. The summed E-state index contributed by atoms with van der Waals surface area (Å²) >= 11 is 0. The molecule has 3 rings (SSSR count). The number of rotatable bonds is 1. The highest BCUT2D eigenvalue weighted by Crippen LogP contribution is 2.15. The predicted molar refractivity (Wildman–Crippen MR) is 78.8 cm³/mol. The van der Waals surface area contributed by atoms with Crippen LogP contribution in [0.5, 0.6) is 0 Å². The summed E-state index contributed by atoms with van der Waals surface area (Å²) in [6, 6.07) is 14.6. The van der Waals surface area contributed by atoms with Crippen molar-refractivity contribution < 1.29 is 9.52 Å². The molecule has 21 heavy (non-hydrogen) atoms. The molecule has 2 heterocycles. The number of hydrazine groups is 1. The van der Waals surface area contributed by atoms with Crippen molar-refractivity contribution in [3.63, 3.8) is 0 Å². The van der Waals surface area contributed by atoms with Gasteiger partial charge in [0.1, 0.15) is 5.69 Å². The van der Waals surface area contributed by atoms with E-state index in [0.29, 0.717) is 5.69 Å². The van der Waals surface area contributed by atoms with E-state index >= 15 is 0 Å². The largest absolute Gasteiger partial charge is 0.619 e. The molecule has 0 radical (unpaired) electrons. The van der Waals surface area contributed by atoms with Crippen LogP contribution in [0.4, 0.5) is 0 Å². The fourth-order valence-electron chi connectivity index (χ4n) is 1.75. The lowest BCUT2D eigenvalue weighted by molar-refractivity contribution is -0.605. The molecule has 0 atom stereocenters. The van der Waals surface area contributed by atoms with Crippen LogP contribution in [0, 0.1) is 5.21 Å². The number of pyridine rings is 2. The number of benzene rings is 1. The topological polar surface area (TPSA) is 94.9 Å². The van der Waals surface area contributed by atoms with E-state index in [-0.39, 0.29) is 5.91 Å². The lowest BCUT2D eigenvalue weighted by Crippen LogP contribution is -2.30. The van der Waals surface area contributed by atoms with Crippen LogP contribution in [-0.2, 0) is 0 Å². The Kier molecular flexibility index (Phi) is 4.79. The summed E-state index contributed by atoms with van der Waals surface area (Å²) in [6.45, 7) is 0. The Morgan fingerprint density at radius 3 is 2.43 bits per heavy atom. The highest BCUT2D eigenvalue weighted by molar-refractivity contribution is 6.04. The Bertz CT molecular complexity index is 727. The minimum absolute atomic E-state index is 0.352. The van der Waals surface area contributed by atoms with Crippen molar-refractivity contribution in [2.24, 2.45) is 5.84 Å². The molecule has 3 aromatic rings. The molecule has 1 amide bonds. The number of hydrogen-bond donors (Lipinski definition) is 2. The van der Waals surface area contributed by atoms with Crippen LogP contribution in [0.15, 0.2) is 67.1 Å². The lowest BCUT2D eigenvalue weighted by Gasteiger charge is -2.02. The summed E-state index contributed by atoms with van der Waals surface area (Å²) in [7, 11) is 0. The van der Waals surface area contributed by atoms with Crippen molar-refractivity contribution in [1.29, 1.82) is 0 Å². The van der Waals surface area contributed by atoms with Gasteiger partial charge in [-0.3, -0.25) is 15.2 Å². The van der Waals surface area contributed by atoms with Crippen LogP contribution >= 0.6 is 0 Å². The van der Waals surface area contributed by atoms with Gasteiger partial charge in [0, 0.05) is 23.7 Å². The van der Waals surface area contributed by atoms with Gasteiger partial charge in [-0.1, -0.05) is 30.3 Å². The summed E-state index contributed by atoms with van der Waals surface area (Å²) in [5.41, 5.74) is 2.42. The number of hydrogen-bond acceptors (Lipinski definition) is 4. The first kappa shape index (κ1) is 14.4. The number of amides is 1. The third-order valence-corrected chi connectivity index (χ3v) is 2.71. The van der Waals surface area contributed by atoms with Crippen LogP contribution in [-0.4, -0.2) is 10.9 Å². The first-order valence-electron chi connectivity index (χ1n) is 6.21. The lowest BCUT2D eigenvalue weighted by atomic mass is 10.1. The molecular formula is C15H14N4O2. The van der Waals surface area contributed by atoms with Gasteiger partial charge in [-0.15, -0.1) is 0 Å². The van der Waals surface area contributed by atoms with Crippen LogP contribution < -0.4 is 16.0 Å². The zero-order valence-corrected chi connectivity index (χ0v) is 11.1. The van der Waals surface area contributed by atoms with Gasteiger partial charge in [-0.2, -0.15) is 4.73 Å². The molecule has 0 spiro atoms. The number of nitrogens with one attached hydrogen (secondary N) is 1. The molecule has 0 aliphatic heterocycles. The molecular weight excluding hydrogens is 268 g/mol. The minimum Gasteiger partial charge on any atom is -0.619 e. The van der Waals surface area contributed by atoms with Gasteiger partial charge in [-0.05, 0) is 11.5 Å². The summed E-state index contributed by atoms with van der Waals surface area (Å²) in [5, 5.41) is 12.0. The van der Waals surface area contributed by atoms with Crippen molar-refractivity contribution in [1.82, 2.24) is 10.4 Å². The van der Waals surface area contributed by atoms with E-state index in [4.69, 9.17) is 5.84 Å². The summed E-state index contributed by atoms with van der Waals surface area (Å²) in [4.78, 5) is 15.3. The van der Waals surface area contributed by atoms with Crippen LogP contribution in [0.3, 0.4) is 0 Å². The Morgan fingerprint density at radius 1 is 1.10 bits per heavy atom. The highest BCUT2D eigenvalue weighted by atomic mass is 16.5. The first-order chi connectivity index (χ1) is 10.2. The van der Waals surface area contributed by atoms with E-state index in [2.05, 4.69) is 10.4 Å².